The van der Waals surface area contributed by atoms with E-state index < -0.39 is 6.04 Å². The summed E-state index contributed by atoms with van der Waals surface area (Å²) < 4.78 is 7.78. The molecule has 5 rings (SSSR count). The number of ether oxygens (including phenoxy) is 1. The number of anilines is 2. The molecule has 0 bridgehead atoms. The Labute approximate surface area is 208 Å². The quantitative estimate of drug-likeness (QED) is 0.363. The van der Waals surface area contributed by atoms with Gasteiger partial charge in [0.15, 0.2) is 0 Å². The monoisotopic (exact) mass is 485 g/mol. The van der Waals surface area contributed by atoms with Crippen molar-refractivity contribution in [3.63, 3.8) is 0 Å². The number of rotatable bonds is 6. The Bertz CT molecular complexity index is 1390. The maximum atomic E-state index is 13.5. The number of hydrogen-bond donors (Lipinski definition) is 2. The second kappa shape index (κ2) is 9.64. The molecule has 1 amide bonds. The number of aromatic nitrogens is 3. The highest BCUT2D eigenvalue weighted by molar-refractivity contribution is 6.30. The fourth-order valence-corrected chi connectivity index (χ4v) is 4.18. The predicted octanol–water partition coefficient (Wildman–Crippen LogP) is 5.75. The van der Waals surface area contributed by atoms with Crippen LogP contribution in [-0.2, 0) is 11.4 Å². The minimum atomic E-state index is -0.482. The van der Waals surface area contributed by atoms with Crippen LogP contribution in [0.4, 0.5) is 11.6 Å². The number of hydrogen-bond acceptors (Lipinski definition) is 5. The zero-order valence-electron chi connectivity index (χ0n) is 19.3. The van der Waals surface area contributed by atoms with Gasteiger partial charge in [0.05, 0.1) is 5.57 Å². The van der Waals surface area contributed by atoms with Crippen LogP contribution in [0.3, 0.4) is 0 Å². The molecule has 1 aromatic heterocycles. The van der Waals surface area contributed by atoms with E-state index in [0.717, 1.165) is 11.1 Å². The van der Waals surface area contributed by atoms with Gasteiger partial charge in [-0.05, 0) is 61.4 Å². The van der Waals surface area contributed by atoms with Crippen LogP contribution in [-0.4, -0.2) is 20.7 Å². The fourth-order valence-electron chi connectivity index (χ4n) is 4.05. The van der Waals surface area contributed by atoms with E-state index in [1.165, 1.54) is 11.9 Å². The van der Waals surface area contributed by atoms with E-state index in [1.54, 1.807) is 28.9 Å². The molecule has 0 saturated heterocycles. The van der Waals surface area contributed by atoms with Crippen LogP contribution in [0.25, 0.3) is 0 Å². The van der Waals surface area contributed by atoms with E-state index >= 15 is 0 Å². The molecule has 0 saturated carbocycles. The van der Waals surface area contributed by atoms with Gasteiger partial charge < -0.3 is 15.4 Å². The number of aryl methyl sites for hydroxylation is 1. The first-order valence-electron chi connectivity index (χ1n) is 11.2. The molecule has 2 heterocycles. The number of benzene rings is 3. The number of carbonyl (C=O) groups is 1. The smallest absolute Gasteiger partial charge is 0.255 e. The average molecular weight is 486 g/mol. The van der Waals surface area contributed by atoms with E-state index in [9.17, 15) is 4.79 Å². The van der Waals surface area contributed by atoms with Crippen molar-refractivity contribution < 1.29 is 9.53 Å². The zero-order valence-corrected chi connectivity index (χ0v) is 20.1. The van der Waals surface area contributed by atoms with Gasteiger partial charge in [-0.1, -0.05) is 53.6 Å². The number of carbonyl (C=O) groups excluding carboxylic acids is 1. The summed E-state index contributed by atoms with van der Waals surface area (Å²) in [5.41, 5.74) is 5.04. The summed E-state index contributed by atoms with van der Waals surface area (Å²) >= 11 is 5.99. The van der Waals surface area contributed by atoms with Gasteiger partial charge in [-0.25, -0.2) is 4.68 Å². The molecular weight excluding hydrogens is 462 g/mol. The molecule has 1 aliphatic heterocycles. The van der Waals surface area contributed by atoms with Crippen molar-refractivity contribution in [2.75, 3.05) is 10.6 Å². The lowest BCUT2D eigenvalue weighted by molar-refractivity contribution is -0.113. The molecule has 1 atom stereocenters. The van der Waals surface area contributed by atoms with Crippen LogP contribution in [0.5, 0.6) is 5.75 Å². The van der Waals surface area contributed by atoms with E-state index in [2.05, 4.69) is 51.9 Å². The summed E-state index contributed by atoms with van der Waals surface area (Å²) in [6, 6.07) is 22.5. The Balaban J connectivity index is 1.45. The third-order valence-corrected chi connectivity index (χ3v) is 6.09. The summed E-state index contributed by atoms with van der Waals surface area (Å²) in [6.45, 7) is 4.37. The average Bonchev–Trinajstić information content (AvgIpc) is 3.32. The Morgan fingerprint density at radius 2 is 1.86 bits per heavy atom. The SMILES string of the molecule is CC1=C(C(=O)Nc2ccc(Cl)cc2)[C@@H](c2cccc(OCc3ccc(C)cc3)c2)n2ncnc2N1. The first kappa shape index (κ1) is 22.7. The van der Waals surface area contributed by atoms with Crippen LogP contribution in [0.1, 0.15) is 29.7 Å². The summed E-state index contributed by atoms with van der Waals surface area (Å²) in [4.78, 5) is 17.8. The van der Waals surface area contributed by atoms with Gasteiger partial charge >= 0.3 is 0 Å². The van der Waals surface area contributed by atoms with Gasteiger partial charge in [0.2, 0.25) is 5.95 Å². The van der Waals surface area contributed by atoms with E-state index in [1.807, 2.05) is 31.2 Å². The third-order valence-electron chi connectivity index (χ3n) is 5.84. The Morgan fingerprint density at radius 3 is 2.63 bits per heavy atom. The molecule has 0 fully saturated rings. The van der Waals surface area contributed by atoms with E-state index in [-0.39, 0.29) is 5.91 Å². The third kappa shape index (κ3) is 4.90. The number of fused-ring (bicyclic) bond motifs is 1. The molecule has 2 N–H and O–H groups in total. The molecule has 3 aromatic carbocycles. The van der Waals surface area contributed by atoms with Crippen molar-refractivity contribution in [2.45, 2.75) is 26.5 Å². The van der Waals surface area contributed by atoms with Crippen LogP contribution in [0.2, 0.25) is 5.02 Å². The first-order valence-corrected chi connectivity index (χ1v) is 11.6. The van der Waals surface area contributed by atoms with E-state index in [4.69, 9.17) is 16.3 Å². The molecule has 0 spiro atoms. The molecule has 35 heavy (non-hydrogen) atoms. The van der Waals surface area contributed by atoms with Gasteiger partial charge in [0.1, 0.15) is 24.7 Å². The summed E-state index contributed by atoms with van der Waals surface area (Å²) in [5, 5.41) is 11.2. The molecule has 176 valence electrons. The van der Waals surface area contributed by atoms with Crippen LogP contribution >= 0.6 is 11.6 Å². The summed E-state index contributed by atoms with van der Waals surface area (Å²) in [5.74, 6) is 1.04. The van der Waals surface area contributed by atoms with Gasteiger partial charge in [-0.15, -0.1) is 0 Å². The summed E-state index contributed by atoms with van der Waals surface area (Å²) in [7, 11) is 0. The lowest BCUT2D eigenvalue weighted by Crippen LogP contribution is -2.31. The second-order valence-electron chi connectivity index (χ2n) is 8.40. The van der Waals surface area contributed by atoms with Crippen molar-refractivity contribution >= 4 is 29.1 Å². The van der Waals surface area contributed by atoms with Crippen LogP contribution < -0.4 is 15.4 Å². The van der Waals surface area contributed by atoms with Crippen molar-refractivity contribution in [1.29, 1.82) is 0 Å². The summed E-state index contributed by atoms with van der Waals surface area (Å²) in [6.07, 6.45) is 1.47. The molecule has 0 radical (unpaired) electrons. The number of nitrogens with zero attached hydrogens (tertiary/aromatic N) is 3. The first-order chi connectivity index (χ1) is 17.0. The highest BCUT2D eigenvalue weighted by atomic mass is 35.5. The topological polar surface area (TPSA) is 81.1 Å². The molecular formula is C27H24ClN5O2. The highest BCUT2D eigenvalue weighted by Gasteiger charge is 2.33. The second-order valence-corrected chi connectivity index (χ2v) is 8.84. The van der Waals surface area contributed by atoms with Crippen LogP contribution in [0, 0.1) is 6.92 Å². The zero-order chi connectivity index (χ0) is 24.4. The minimum absolute atomic E-state index is 0.241. The number of halogens is 1. The maximum Gasteiger partial charge on any atom is 0.255 e. The highest BCUT2D eigenvalue weighted by Crippen LogP contribution is 2.36. The van der Waals surface area contributed by atoms with Gasteiger partial charge in [-0.2, -0.15) is 10.1 Å². The number of amides is 1. The Morgan fingerprint density at radius 1 is 1.09 bits per heavy atom. The Kier molecular flexibility index (Phi) is 6.25. The van der Waals surface area contributed by atoms with Crippen LogP contribution in [0.15, 0.2) is 90.4 Å². The van der Waals surface area contributed by atoms with Crippen molar-refractivity contribution in [1.82, 2.24) is 14.8 Å². The lowest BCUT2D eigenvalue weighted by atomic mass is 9.95. The molecule has 7 nitrogen and oxygen atoms in total. The predicted molar refractivity (Wildman–Crippen MR) is 137 cm³/mol. The standard InChI is InChI=1S/C27H24ClN5O2/c1-17-6-8-19(9-7-17)15-35-23-5-3-4-20(14-23)25-24(18(2)31-27-29-16-30-33(25)27)26(34)32-22-12-10-21(28)11-13-22/h3-14,16,25H,15H2,1-2H3,(H,32,34)(H,29,30,31)/t25-/m1/s1. The number of nitrogens with one attached hydrogen (secondary N) is 2. The lowest BCUT2D eigenvalue weighted by Gasteiger charge is -2.29. The fraction of sp³-hybridized carbons (Fsp3) is 0.148. The maximum absolute atomic E-state index is 13.5. The molecule has 0 unspecified atom stereocenters. The van der Waals surface area contributed by atoms with Gasteiger partial charge in [-0.3, -0.25) is 4.79 Å². The van der Waals surface area contributed by atoms with Gasteiger partial charge in [0.25, 0.3) is 5.91 Å². The van der Waals surface area contributed by atoms with Crippen molar-refractivity contribution in [3.8, 4) is 5.75 Å². The van der Waals surface area contributed by atoms with Crippen molar-refractivity contribution in [3.05, 3.63) is 112 Å². The molecule has 8 heteroatoms. The molecule has 4 aromatic rings. The molecule has 0 aliphatic carbocycles. The van der Waals surface area contributed by atoms with Gasteiger partial charge in [0, 0.05) is 16.4 Å². The molecule has 1 aliphatic rings. The number of allylic oxidation sites excluding steroid dienone is 1. The Hall–Kier alpha value is -4.10. The van der Waals surface area contributed by atoms with Crippen molar-refractivity contribution in [2.24, 2.45) is 0 Å². The minimum Gasteiger partial charge on any atom is -0.489 e. The van der Waals surface area contributed by atoms with E-state index in [0.29, 0.717) is 40.3 Å². The largest absolute Gasteiger partial charge is 0.489 e. The normalized spacial score (nSPS) is 14.8.